The topological polar surface area (TPSA) is 83.9 Å². The summed E-state index contributed by atoms with van der Waals surface area (Å²) < 4.78 is 26.4. The van der Waals surface area contributed by atoms with E-state index in [0.29, 0.717) is 0 Å². The van der Waals surface area contributed by atoms with Crippen molar-refractivity contribution in [3.05, 3.63) is 152 Å². The van der Waals surface area contributed by atoms with Gasteiger partial charge in [0, 0.05) is 28.8 Å². The van der Waals surface area contributed by atoms with Gasteiger partial charge in [0.25, 0.3) is 0 Å². The Morgan fingerprint density at radius 1 is 0.537 bits per heavy atom. The first kappa shape index (κ1) is 66.9. The van der Waals surface area contributed by atoms with E-state index in [2.05, 4.69) is 213 Å². The Bertz CT molecular complexity index is 2930. The Hall–Kier alpha value is -4.25. The molecule has 5 aromatic rings. The summed E-state index contributed by atoms with van der Waals surface area (Å²) >= 11 is 0. The number of rotatable bonds is 21. The van der Waals surface area contributed by atoms with E-state index in [-0.39, 0.29) is 46.5 Å². The fraction of sp³-hybridized carbons (Fsp3) is 0.583. The van der Waals surface area contributed by atoms with Crippen molar-refractivity contribution in [3.8, 4) is 11.1 Å². The zero-order valence-corrected chi connectivity index (χ0v) is 56.7. The molecule has 0 N–H and O–H groups in total. The van der Waals surface area contributed by atoms with Crippen molar-refractivity contribution in [2.75, 3.05) is 0 Å². The summed E-state index contributed by atoms with van der Waals surface area (Å²) in [6.45, 7) is 43.2. The number of aromatic nitrogens is 1. The summed E-state index contributed by atoms with van der Waals surface area (Å²) in [5.41, 5.74) is 18.5. The van der Waals surface area contributed by atoms with E-state index in [1.54, 1.807) is 0 Å². The predicted molar refractivity (Wildman–Crippen MR) is 349 cm³/mol. The van der Waals surface area contributed by atoms with Gasteiger partial charge >= 0.3 is 13.3 Å². The Balaban J connectivity index is 0.000000252. The van der Waals surface area contributed by atoms with Gasteiger partial charge in [-0.2, -0.15) is 9.59 Å². The lowest BCUT2D eigenvalue weighted by atomic mass is 9.67. The highest BCUT2D eigenvalue weighted by Gasteiger charge is 2.52. The van der Waals surface area contributed by atoms with Crippen molar-refractivity contribution >= 4 is 35.4 Å². The molecule has 10 heteroatoms. The average Bonchev–Trinajstić information content (AvgIpc) is 4.30. The first-order valence-electron chi connectivity index (χ1n) is 31.6. The molecule has 0 radical (unpaired) electrons. The first-order valence-corrected chi connectivity index (χ1v) is 38.5. The zero-order chi connectivity index (χ0) is 60.5. The molecule has 8 rings (SSSR count). The number of aryl methyl sites for hydroxylation is 7. The zero-order valence-electron chi connectivity index (χ0n) is 54.7. The number of pyridine rings is 1. The van der Waals surface area contributed by atoms with Gasteiger partial charge in [-0.15, -0.1) is 0 Å². The van der Waals surface area contributed by atoms with Gasteiger partial charge in [-0.3, -0.25) is 4.98 Å². The maximum absolute atomic E-state index is 8.12. The maximum Gasteiger partial charge on any atom is 0.495 e. The minimum atomic E-state index is -1.58. The van der Waals surface area contributed by atoms with Crippen molar-refractivity contribution in [3.63, 3.8) is 0 Å². The monoisotopic (exact) mass is 1150 g/mol. The second-order valence-electron chi connectivity index (χ2n) is 27.8. The molecule has 1 aromatic heterocycles. The van der Waals surface area contributed by atoms with E-state index in [9.17, 15) is 0 Å². The fourth-order valence-electron chi connectivity index (χ4n) is 14.2. The average molecular weight is 1150 g/mol. The number of hydrogen-bond donors (Lipinski definition) is 0. The van der Waals surface area contributed by atoms with Crippen LogP contribution in [0.25, 0.3) is 11.1 Å². The van der Waals surface area contributed by atoms with Crippen LogP contribution in [-0.2, 0) is 57.8 Å². The Kier molecular flexibility index (Phi) is 22.4. The Labute approximate surface area is 500 Å². The summed E-state index contributed by atoms with van der Waals surface area (Å²) in [5, 5.41) is 0. The number of hydrogen-bond acceptors (Lipinski definition) is 7. The summed E-state index contributed by atoms with van der Waals surface area (Å²) in [6, 6.07) is 31.0. The molecule has 4 aromatic carbocycles. The van der Waals surface area contributed by atoms with Crippen LogP contribution in [0.2, 0.25) is 39.3 Å². The van der Waals surface area contributed by atoms with Crippen molar-refractivity contribution in [1.29, 1.82) is 0 Å². The van der Waals surface area contributed by atoms with Crippen LogP contribution in [0.4, 0.5) is 0 Å². The molecule has 446 valence electrons. The Morgan fingerprint density at radius 2 is 0.915 bits per heavy atom. The molecule has 82 heavy (non-hydrogen) atoms. The third kappa shape index (κ3) is 15.6. The van der Waals surface area contributed by atoms with E-state index in [4.69, 9.17) is 27.7 Å². The van der Waals surface area contributed by atoms with Gasteiger partial charge in [-0.05, 0) is 251 Å². The highest BCUT2D eigenvalue weighted by atomic mass is 28.4. The fourth-order valence-corrected chi connectivity index (χ4v) is 17.4. The first-order chi connectivity index (χ1) is 38.5. The lowest BCUT2D eigenvalue weighted by Crippen LogP contribution is -2.41. The van der Waals surface area contributed by atoms with Gasteiger partial charge in [0.15, 0.2) is 16.6 Å². The summed E-state index contributed by atoms with van der Waals surface area (Å²) in [5.74, 6) is 0. The normalized spacial score (nSPS) is 17.4. The predicted octanol–water partition coefficient (Wildman–Crippen LogP) is 18.4. The second-order valence-corrected chi connectivity index (χ2v) is 36.6. The van der Waals surface area contributed by atoms with E-state index in [1.807, 2.05) is 12.4 Å². The van der Waals surface area contributed by atoms with Crippen LogP contribution in [0.1, 0.15) is 213 Å². The molecule has 1 aliphatic heterocycles. The quantitative estimate of drug-likeness (QED) is 0.0677. The summed E-state index contributed by atoms with van der Waals surface area (Å²) in [7, 11) is -3.47. The maximum atomic E-state index is 8.12. The van der Waals surface area contributed by atoms with E-state index >= 15 is 0 Å². The molecule has 3 fully saturated rings. The van der Waals surface area contributed by atoms with Crippen LogP contribution < -0.4 is 5.46 Å². The van der Waals surface area contributed by atoms with Crippen LogP contribution in [0, 0.1) is 27.7 Å². The molecule has 2 saturated carbocycles. The lowest BCUT2D eigenvalue weighted by Gasteiger charge is -2.37. The largest absolute Gasteiger partial charge is 0.495 e. The SMILES string of the molecule is CCC(CC)(c1ccc(CCC2(O[Si](C)(C)C)CCCC2)c(C)c1)c1ccc(B2OC(C)(C)C(C)(C)O2)c(C)c1.CCc1cncc(-c2ccc(C(CC)(CC)c3ccc(CCC4(O[Si](C)(C)C)CCCC4)c(C)c3)cc2C)c1.O=C=O. The molecule has 0 atom stereocenters. The van der Waals surface area contributed by atoms with Gasteiger partial charge in [0.05, 0.1) is 22.4 Å². The molecule has 2 heterocycles. The number of nitrogens with zero attached hydrogens (tertiary/aromatic N) is 1. The van der Waals surface area contributed by atoms with Gasteiger partial charge in [0.2, 0.25) is 0 Å². The van der Waals surface area contributed by atoms with Gasteiger partial charge < -0.3 is 18.2 Å². The summed E-state index contributed by atoms with van der Waals surface area (Å²) in [6.07, 6.45) is 24.2. The molecule has 1 saturated heterocycles. The molecule has 2 aliphatic carbocycles. The van der Waals surface area contributed by atoms with Crippen molar-refractivity contribution < 1.29 is 27.7 Å². The molecule has 7 nitrogen and oxygen atoms in total. The van der Waals surface area contributed by atoms with Crippen molar-refractivity contribution in [2.24, 2.45) is 0 Å². The molecule has 3 aliphatic rings. The van der Waals surface area contributed by atoms with Crippen LogP contribution in [0.15, 0.2) is 91.3 Å². The summed E-state index contributed by atoms with van der Waals surface area (Å²) in [4.78, 5) is 20.7. The van der Waals surface area contributed by atoms with Crippen LogP contribution >= 0.6 is 0 Å². The lowest BCUT2D eigenvalue weighted by molar-refractivity contribution is -0.191. The van der Waals surface area contributed by atoms with Gasteiger partial charge in [0.1, 0.15) is 0 Å². The van der Waals surface area contributed by atoms with Crippen molar-refractivity contribution in [1.82, 2.24) is 4.98 Å². The molecule has 0 amide bonds. The van der Waals surface area contributed by atoms with Gasteiger partial charge in [-0.25, -0.2) is 0 Å². The molecular formula is C72H106BNO6Si2. The second kappa shape index (κ2) is 27.4. The minimum absolute atomic E-state index is 0.0176. The third-order valence-corrected chi connectivity index (χ3v) is 21.7. The molecule has 0 bridgehead atoms. The third-order valence-electron chi connectivity index (χ3n) is 19.6. The van der Waals surface area contributed by atoms with Crippen LogP contribution in [0.3, 0.4) is 0 Å². The van der Waals surface area contributed by atoms with E-state index in [0.717, 1.165) is 63.3 Å². The standard InChI is InChI=1S/C36H51NOSi.C35H55BO3Si.CO2/c1-9-29-24-31(26-37-25-29)34-17-16-33(23-28(34)5)36(10-2,11-3)32-15-14-30(27(4)22-32)18-21-35(19-12-13-20-35)38-39(6,7)8;1-12-35(13-2,30-18-19-31(27(4)25-30)36-37-32(5,6)33(7,8)38-36)29-17-16-28(26(3)24-29)20-23-34(21-14-15-22-34)39-40(9,10)11;2-1-3/h14-17,22-26H,9-13,18-21H2,1-8H3;16-19,24-25H,12-15,20-23H2,1-11H3;. The molecular weight excluding hydrogens is 1040 g/mol. The van der Waals surface area contributed by atoms with E-state index in [1.165, 1.54) is 124 Å². The highest BCUT2D eigenvalue weighted by Crippen LogP contribution is 2.45. The highest BCUT2D eigenvalue weighted by molar-refractivity contribution is 6.70. The Morgan fingerprint density at radius 3 is 1.27 bits per heavy atom. The van der Waals surface area contributed by atoms with Gasteiger partial charge in [-0.1, -0.05) is 139 Å². The number of benzene rings is 4. The molecule has 0 spiro atoms. The number of carbonyl (C=O) groups excluding carboxylic acids is 2. The minimum Gasteiger partial charge on any atom is -0.412 e. The van der Waals surface area contributed by atoms with Crippen LogP contribution in [0.5, 0.6) is 0 Å². The van der Waals surface area contributed by atoms with Crippen LogP contribution in [-0.4, -0.2) is 57.3 Å². The molecule has 0 unspecified atom stereocenters. The van der Waals surface area contributed by atoms with E-state index < -0.39 is 16.6 Å². The van der Waals surface area contributed by atoms with Crippen molar-refractivity contribution in [2.45, 2.75) is 272 Å². The smallest absolute Gasteiger partial charge is 0.412 e.